The lowest BCUT2D eigenvalue weighted by Gasteiger charge is -2.34. The zero-order chi connectivity index (χ0) is 14.1. The van der Waals surface area contributed by atoms with E-state index in [0.717, 1.165) is 24.8 Å². The molecule has 1 amide bonds. The van der Waals surface area contributed by atoms with Gasteiger partial charge in [-0.3, -0.25) is 4.79 Å². The quantitative estimate of drug-likeness (QED) is 0.929. The van der Waals surface area contributed by atoms with Gasteiger partial charge in [-0.15, -0.1) is 11.8 Å². The topological polar surface area (TPSA) is 57.6 Å². The predicted octanol–water partition coefficient (Wildman–Crippen LogP) is 2.51. The van der Waals surface area contributed by atoms with Crippen LogP contribution in [0.1, 0.15) is 30.2 Å². The summed E-state index contributed by atoms with van der Waals surface area (Å²) >= 11 is 1.54. The maximum atomic E-state index is 12.6. The van der Waals surface area contributed by atoms with Gasteiger partial charge < -0.3 is 10.0 Å². The van der Waals surface area contributed by atoms with Crippen molar-refractivity contribution in [2.45, 2.75) is 30.7 Å². The molecule has 1 saturated heterocycles. The predicted molar refractivity (Wildman–Crippen MR) is 77.3 cm³/mol. The van der Waals surface area contributed by atoms with Crippen molar-refractivity contribution in [1.29, 1.82) is 0 Å². The van der Waals surface area contributed by atoms with Crippen LogP contribution in [0.5, 0.6) is 0 Å². The van der Waals surface area contributed by atoms with Gasteiger partial charge in [0.05, 0.1) is 0 Å². The van der Waals surface area contributed by atoms with Gasteiger partial charge in [0, 0.05) is 11.7 Å². The first-order valence-corrected chi connectivity index (χ1v) is 7.95. The van der Waals surface area contributed by atoms with Crippen molar-refractivity contribution < 1.29 is 14.7 Å². The molecule has 20 heavy (non-hydrogen) atoms. The van der Waals surface area contributed by atoms with Crippen LogP contribution < -0.4 is 0 Å². The van der Waals surface area contributed by atoms with Gasteiger partial charge in [0.1, 0.15) is 11.4 Å². The van der Waals surface area contributed by atoms with Crippen molar-refractivity contribution in [3.05, 3.63) is 35.9 Å². The number of carbonyl (C=O) groups is 2. The summed E-state index contributed by atoms with van der Waals surface area (Å²) in [7, 11) is 0. The van der Waals surface area contributed by atoms with E-state index in [2.05, 4.69) is 0 Å². The molecule has 1 aliphatic carbocycles. The Morgan fingerprint density at radius 2 is 1.90 bits per heavy atom. The molecule has 1 aromatic carbocycles. The van der Waals surface area contributed by atoms with E-state index < -0.39 is 12.0 Å². The summed E-state index contributed by atoms with van der Waals surface area (Å²) in [5.41, 5.74) is 1.01. The molecule has 2 atom stereocenters. The van der Waals surface area contributed by atoms with Gasteiger partial charge in [0.15, 0.2) is 0 Å². The number of hydrogen-bond acceptors (Lipinski definition) is 3. The second kappa shape index (κ2) is 5.48. The van der Waals surface area contributed by atoms with Crippen LogP contribution in [0.15, 0.2) is 30.3 Å². The van der Waals surface area contributed by atoms with E-state index in [1.807, 2.05) is 30.3 Å². The van der Waals surface area contributed by atoms with E-state index in [1.165, 1.54) is 0 Å². The SMILES string of the molecule is O=C(O)C1CSC(c2ccccc2)N1C(=O)C1CCC1. The summed E-state index contributed by atoms with van der Waals surface area (Å²) in [6.45, 7) is 0. The van der Waals surface area contributed by atoms with Crippen molar-refractivity contribution in [3.8, 4) is 0 Å². The number of hydrogen-bond donors (Lipinski definition) is 1. The highest BCUT2D eigenvalue weighted by Crippen LogP contribution is 2.44. The number of benzene rings is 1. The molecule has 4 nitrogen and oxygen atoms in total. The molecule has 2 fully saturated rings. The lowest BCUT2D eigenvalue weighted by Crippen LogP contribution is -2.46. The van der Waals surface area contributed by atoms with Gasteiger partial charge in [-0.2, -0.15) is 0 Å². The molecule has 1 aliphatic heterocycles. The maximum absolute atomic E-state index is 12.6. The van der Waals surface area contributed by atoms with Crippen LogP contribution in [0.2, 0.25) is 0 Å². The van der Waals surface area contributed by atoms with E-state index in [4.69, 9.17) is 0 Å². The molecule has 1 aromatic rings. The number of carbonyl (C=O) groups excluding carboxylic acids is 1. The van der Waals surface area contributed by atoms with Gasteiger partial charge >= 0.3 is 5.97 Å². The summed E-state index contributed by atoms with van der Waals surface area (Å²) < 4.78 is 0. The van der Waals surface area contributed by atoms with Crippen molar-refractivity contribution >= 4 is 23.6 Å². The number of nitrogens with zero attached hydrogens (tertiary/aromatic N) is 1. The van der Waals surface area contributed by atoms with Gasteiger partial charge in [0.25, 0.3) is 0 Å². The molecule has 3 rings (SSSR count). The number of aliphatic carboxylic acids is 1. The first-order valence-electron chi connectivity index (χ1n) is 6.90. The van der Waals surface area contributed by atoms with Crippen LogP contribution in [0, 0.1) is 5.92 Å². The summed E-state index contributed by atoms with van der Waals surface area (Å²) in [4.78, 5) is 25.6. The molecule has 0 bridgehead atoms. The van der Waals surface area contributed by atoms with E-state index in [1.54, 1.807) is 16.7 Å². The Morgan fingerprint density at radius 3 is 2.45 bits per heavy atom. The fourth-order valence-corrected chi connectivity index (χ4v) is 4.14. The van der Waals surface area contributed by atoms with E-state index in [9.17, 15) is 14.7 Å². The molecule has 0 aromatic heterocycles. The second-order valence-electron chi connectivity index (χ2n) is 5.32. The monoisotopic (exact) mass is 291 g/mol. The molecule has 5 heteroatoms. The molecule has 106 valence electrons. The highest BCUT2D eigenvalue weighted by molar-refractivity contribution is 7.99. The fourth-order valence-electron chi connectivity index (χ4n) is 2.71. The van der Waals surface area contributed by atoms with Gasteiger partial charge in [-0.25, -0.2) is 4.79 Å². The number of carboxylic acids is 1. The molecule has 1 saturated carbocycles. The summed E-state index contributed by atoms with van der Waals surface area (Å²) in [6, 6.07) is 9.01. The normalized spacial score (nSPS) is 26.3. The van der Waals surface area contributed by atoms with E-state index in [-0.39, 0.29) is 17.2 Å². The Balaban J connectivity index is 1.89. The van der Waals surface area contributed by atoms with Gasteiger partial charge in [0.2, 0.25) is 5.91 Å². The lowest BCUT2D eigenvalue weighted by molar-refractivity contribution is -0.152. The Kier molecular flexibility index (Phi) is 3.70. The molecule has 0 radical (unpaired) electrons. The molecule has 0 spiro atoms. The average molecular weight is 291 g/mol. The van der Waals surface area contributed by atoms with Crippen LogP contribution >= 0.6 is 11.8 Å². The van der Waals surface area contributed by atoms with Crippen molar-refractivity contribution in [2.24, 2.45) is 5.92 Å². The molecular formula is C15H17NO3S. The minimum absolute atomic E-state index is 0.0162. The Morgan fingerprint density at radius 1 is 1.20 bits per heavy atom. The summed E-state index contributed by atoms with van der Waals surface area (Å²) in [5.74, 6) is -0.388. The minimum atomic E-state index is -0.899. The smallest absolute Gasteiger partial charge is 0.327 e. The Labute approximate surface area is 122 Å². The third-order valence-electron chi connectivity index (χ3n) is 4.08. The number of rotatable bonds is 3. The van der Waals surface area contributed by atoms with Gasteiger partial charge in [-0.05, 0) is 18.4 Å². The highest BCUT2D eigenvalue weighted by atomic mass is 32.2. The molecule has 2 unspecified atom stereocenters. The molecular weight excluding hydrogens is 274 g/mol. The van der Waals surface area contributed by atoms with E-state index >= 15 is 0 Å². The third-order valence-corrected chi connectivity index (χ3v) is 5.40. The highest BCUT2D eigenvalue weighted by Gasteiger charge is 2.45. The Bertz CT molecular complexity index is 515. The standard InChI is InChI=1S/C15H17NO3S/c17-13(10-7-4-8-10)16-12(15(18)19)9-20-14(16)11-5-2-1-3-6-11/h1-3,5-6,10,12,14H,4,7-9H2,(H,18,19). The van der Waals surface area contributed by atoms with Crippen molar-refractivity contribution in [3.63, 3.8) is 0 Å². The molecule has 1 N–H and O–H groups in total. The average Bonchev–Trinajstić information content (AvgIpc) is 2.82. The van der Waals surface area contributed by atoms with Crippen molar-refractivity contribution in [1.82, 2.24) is 4.90 Å². The molecule has 2 aliphatic rings. The van der Waals surface area contributed by atoms with Crippen molar-refractivity contribution in [2.75, 3.05) is 5.75 Å². The van der Waals surface area contributed by atoms with Crippen LogP contribution in [-0.4, -0.2) is 33.7 Å². The van der Waals surface area contributed by atoms with E-state index in [0.29, 0.717) is 5.75 Å². The summed E-state index contributed by atoms with van der Waals surface area (Å²) in [6.07, 6.45) is 2.87. The zero-order valence-electron chi connectivity index (χ0n) is 11.1. The first-order chi connectivity index (χ1) is 9.68. The first kappa shape index (κ1) is 13.5. The van der Waals surface area contributed by atoms with Crippen LogP contribution in [0.3, 0.4) is 0 Å². The van der Waals surface area contributed by atoms with Crippen LogP contribution in [0.4, 0.5) is 0 Å². The largest absolute Gasteiger partial charge is 0.480 e. The fraction of sp³-hybridized carbons (Fsp3) is 0.467. The van der Waals surface area contributed by atoms with Crippen LogP contribution in [0.25, 0.3) is 0 Å². The lowest BCUT2D eigenvalue weighted by atomic mass is 9.84. The zero-order valence-corrected chi connectivity index (χ0v) is 11.9. The summed E-state index contributed by atoms with van der Waals surface area (Å²) in [5, 5.41) is 9.20. The van der Waals surface area contributed by atoms with Crippen LogP contribution in [-0.2, 0) is 9.59 Å². The number of amides is 1. The third kappa shape index (κ3) is 2.30. The number of carboxylic acid groups (broad SMARTS) is 1. The van der Waals surface area contributed by atoms with Gasteiger partial charge in [-0.1, -0.05) is 36.8 Å². The minimum Gasteiger partial charge on any atom is -0.480 e. The maximum Gasteiger partial charge on any atom is 0.327 e. The second-order valence-corrected chi connectivity index (χ2v) is 6.44. The Hall–Kier alpha value is -1.49. The number of thioether (sulfide) groups is 1. The molecule has 1 heterocycles.